The molecule has 0 saturated heterocycles. The number of thiophene rings is 1. The van der Waals surface area contributed by atoms with Crippen molar-refractivity contribution in [1.82, 2.24) is 4.98 Å². The van der Waals surface area contributed by atoms with Crippen LogP contribution in [-0.4, -0.2) is 18.3 Å². The molecule has 2 aromatic heterocycles. The minimum absolute atomic E-state index is 0.761. The lowest BCUT2D eigenvalue weighted by atomic mass is 10.2. The van der Waals surface area contributed by atoms with Crippen LogP contribution in [0.5, 0.6) is 0 Å². The van der Waals surface area contributed by atoms with Gasteiger partial charge in [-0.3, -0.25) is 9.78 Å². The Bertz CT molecular complexity index is 706. The molecule has 5 heteroatoms. The van der Waals surface area contributed by atoms with Crippen molar-refractivity contribution in [2.75, 3.05) is 12.4 Å². The normalized spacial score (nSPS) is 9.70. The number of hydrogen-bond acceptors (Lipinski definition) is 4. The van der Waals surface area contributed by atoms with Gasteiger partial charge in [0.1, 0.15) is 0 Å². The van der Waals surface area contributed by atoms with Crippen LogP contribution < -0.4 is 5.32 Å². The van der Waals surface area contributed by atoms with E-state index in [1.54, 1.807) is 6.07 Å². The molecule has 0 aliphatic carbocycles. The predicted octanol–water partition coefficient (Wildman–Crippen LogP) is 4.60. The summed E-state index contributed by atoms with van der Waals surface area (Å²) in [6.45, 7) is 0. The number of anilines is 1. The highest BCUT2D eigenvalue weighted by Crippen LogP contribution is 2.20. The van der Waals surface area contributed by atoms with Crippen LogP contribution in [0.2, 0.25) is 0 Å². The van der Waals surface area contributed by atoms with Crippen LogP contribution in [0.25, 0.3) is 10.9 Å². The lowest BCUT2D eigenvalue weighted by molar-refractivity contribution is 0.112. The van der Waals surface area contributed by atoms with Crippen molar-refractivity contribution >= 4 is 50.1 Å². The lowest BCUT2D eigenvalue weighted by Crippen LogP contribution is -1.90. The van der Waals surface area contributed by atoms with E-state index in [0.717, 1.165) is 26.2 Å². The summed E-state index contributed by atoms with van der Waals surface area (Å²) in [5.41, 5.74) is 2.11. The average molecular weight is 349 g/mol. The largest absolute Gasteiger partial charge is 0.386 e. The number of benzene rings is 1. The molecule has 102 valence electrons. The fourth-order valence-corrected chi connectivity index (χ4v) is 2.94. The number of pyridine rings is 1. The molecule has 0 atom stereocenters. The van der Waals surface area contributed by atoms with E-state index < -0.39 is 0 Å². The Labute approximate surface area is 129 Å². The minimum Gasteiger partial charge on any atom is -0.386 e. The van der Waals surface area contributed by atoms with Gasteiger partial charge in [-0.05, 0) is 40.2 Å². The summed E-state index contributed by atoms with van der Waals surface area (Å²) in [7, 11) is 1.91. The molecule has 1 N–H and O–H groups in total. The lowest BCUT2D eigenvalue weighted by Gasteiger charge is -2.02. The Morgan fingerprint density at radius 1 is 1.20 bits per heavy atom. The van der Waals surface area contributed by atoms with Gasteiger partial charge in [0, 0.05) is 18.6 Å². The van der Waals surface area contributed by atoms with E-state index in [-0.39, 0.29) is 0 Å². The first-order chi connectivity index (χ1) is 9.74. The van der Waals surface area contributed by atoms with Gasteiger partial charge < -0.3 is 5.32 Å². The third-order valence-corrected chi connectivity index (χ3v) is 4.16. The minimum atomic E-state index is 0.761. The Morgan fingerprint density at radius 2 is 2.00 bits per heavy atom. The highest BCUT2D eigenvalue weighted by molar-refractivity contribution is 9.11. The quantitative estimate of drug-likeness (QED) is 0.688. The number of nitrogens with one attached hydrogen (secondary N) is 1. The summed E-state index contributed by atoms with van der Waals surface area (Å²) >= 11 is 4.67. The standard InChI is InChI=1S/C10H10N2.C5H3BrOS/c1-11-9-6-2-4-8-5-3-7-12-10(8)9;6-5-2-1-4(3-7)8-5/h2-7,11H,1H3;1-3H. The number of carbonyl (C=O) groups excluding carboxylic acids is 1. The summed E-state index contributed by atoms with van der Waals surface area (Å²) in [4.78, 5) is 15.1. The van der Waals surface area contributed by atoms with Crippen molar-refractivity contribution in [1.29, 1.82) is 0 Å². The van der Waals surface area contributed by atoms with Crippen LogP contribution in [0, 0.1) is 0 Å². The molecule has 0 spiro atoms. The average Bonchev–Trinajstić information content (AvgIpc) is 2.93. The highest BCUT2D eigenvalue weighted by atomic mass is 79.9. The molecule has 0 unspecified atom stereocenters. The van der Waals surface area contributed by atoms with Gasteiger partial charge in [-0.15, -0.1) is 11.3 Å². The van der Waals surface area contributed by atoms with E-state index in [2.05, 4.69) is 38.4 Å². The van der Waals surface area contributed by atoms with Gasteiger partial charge in [0.15, 0.2) is 6.29 Å². The molecule has 0 aliphatic heterocycles. The van der Waals surface area contributed by atoms with Crippen LogP contribution >= 0.6 is 27.3 Å². The van der Waals surface area contributed by atoms with Gasteiger partial charge in [-0.1, -0.05) is 18.2 Å². The number of hydrogen-bond donors (Lipinski definition) is 1. The van der Waals surface area contributed by atoms with E-state index in [1.165, 1.54) is 16.7 Å². The van der Waals surface area contributed by atoms with Crippen molar-refractivity contribution < 1.29 is 4.79 Å². The molecular weight excluding hydrogens is 336 g/mol. The van der Waals surface area contributed by atoms with Gasteiger partial charge in [-0.25, -0.2) is 0 Å². The van der Waals surface area contributed by atoms with Crippen molar-refractivity contribution in [2.45, 2.75) is 0 Å². The summed E-state index contributed by atoms with van der Waals surface area (Å²) in [5, 5.41) is 4.28. The topological polar surface area (TPSA) is 42.0 Å². The number of rotatable bonds is 2. The summed E-state index contributed by atoms with van der Waals surface area (Å²) < 4.78 is 1.000. The predicted molar refractivity (Wildman–Crippen MR) is 88.7 cm³/mol. The maximum Gasteiger partial charge on any atom is 0.160 e. The van der Waals surface area contributed by atoms with Crippen LogP contribution in [-0.2, 0) is 0 Å². The molecule has 20 heavy (non-hydrogen) atoms. The van der Waals surface area contributed by atoms with Crippen LogP contribution in [0.1, 0.15) is 9.67 Å². The second-order valence-corrected chi connectivity index (χ2v) is 6.39. The zero-order valence-electron chi connectivity index (χ0n) is 10.8. The van der Waals surface area contributed by atoms with Crippen LogP contribution in [0.3, 0.4) is 0 Å². The molecule has 0 amide bonds. The van der Waals surface area contributed by atoms with Crippen molar-refractivity contribution in [3.63, 3.8) is 0 Å². The highest BCUT2D eigenvalue weighted by Gasteiger charge is 1.97. The first-order valence-corrected chi connectivity index (χ1v) is 7.57. The Hall–Kier alpha value is -1.72. The van der Waals surface area contributed by atoms with E-state index >= 15 is 0 Å². The molecule has 3 nitrogen and oxygen atoms in total. The molecule has 0 bridgehead atoms. The molecule has 0 radical (unpaired) electrons. The zero-order chi connectivity index (χ0) is 14.4. The fraction of sp³-hybridized carbons (Fsp3) is 0.0667. The zero-order valence-corrected chi connectivity index (χ0v) is 13.2. The molecular formula is C15H13BrN2OS. The van der Waals surface area contributed by atoms with Gasteiger partial charge in [0.05, 0.1) is 19.9 Å². The first-order valence-electron chi connectivity index (χ1n) is 5.96. The van der Waals surface area contributed by atoms with E-state index in [0.29, 0.717) is 0 Å². The maximum atomic E-state index is 10.0. The van der Waals surface area contributed by atoms with E-state index in [1.807, 2.05) is 37.5 Å². The number of aromatic nitrogens is 1. The molecule has 2 heterocycles. The Kier molecular flexibility index (Phi) is 5.26. The molecule has 0 saturated carbocycles. The summed E-state index contributed by atoms with van der Waals surface area (Å²) in [5.74, 6) is 0. The summed E-state index contributed by atoms with van der Waals surface area (Å²) in [6.07, 6.45) is 2.65. The van der Waals surface area contributed by atoms with E-state index in [4.69, 9.17) is 0 Å². The Morgan fingerprint density at radius 3 is 2.60 bits per heavy atom. The van der Waals surface area contributed by atoms with E-state index in [9.17, 15) is 4.79 Å². The molecule has 3 rings (SSSR count). The van der Waals surface area contributed by atoms with Crippen molar-refractivity contribution in [2.24, 2.45) is 0 Å². The number of halogens is 1. The number of aldehydes is 1. The maximum absolute atomic E-state index is 10.0. The van der Waals surface area contributed by atoms with Crippen molar-refractivity contribution in [3.05, 3.63) is 57.3 Å². The number of para-hydroxylation sites is 1. The second kappa shape index (κ2) is 7.17. The summed E-state index contributed by atoms with van der Waals surface area (Å²) in [6, 6.07) is 13.7. The van der Waals surface area contributed by atoms with Crippen LogP contribution in [0.4, 0.5) is 5.69 Å². The number of fused-ring (bicyclic) bond motifs is 1. The van der Waals surface area contributed by atoms with Gasteiger partial charge in [-0.2, -0.15) is 0 Å². The molecule has 0 aliphatic rings. The third kappa shape index (κ3) is 3.65. The van der Waals surface area contributed by atoms with Crippen molar-refractivity contribution in [3.8, 4) is 0 Å². The first kappa shape index (κ1) is 14.7. The van der Waals surface area contributed by atoms with Gasteiger partial charge in [0.2, 0.25) is 0 Å². The van der Waals surface area contributed by atoms with Gasteiger partial charge in [0.25, 0.3) is 0 Å². The Balaban J connectivity index is 0.000000160. The third-order valence-electron chi connectivity index (χ3n) is 2.61. The van der Waals surface area contributed by atoms with Gasteiger partial charge >= 0.3 is 0 Å². The SMILES string of the molecule is CNc1cccc2cccnc12.O=Cc1ccc(Br)s1. The molecule has 1 aromatic carbocycles. The number of carbonyl (C=O) groups is 1. The smallest absolute Gasteiger partial charge is 0.160 e. The van der Waals surface area contributed by atoms with Crippen LogP contribution in [0.15, 0.2) is 52.4 Å². The molecule has 3 aromatic rings. The second-order valence-electron chi connectivity index (χ2n) is 3.89. The molecule has 0 fully saturated rings. The number of nitrogens with zero attached hydrogens (tertiary/aromatic N) is 1. The monoisotopic (exact) mass is 348 g/mol. The fourth-order valence-electron chi connectivity index (χ4n) is 1.70.